The Bertz CT molecular complexity index is 968. The van der Waals surface area contributed by atoms with Gasteiger partial charge in [0.25, 0.3) is 0 Å². The number of para-hydroxylation sites is 1. The van der Waals surface area contributed by atoms with E-state index in [4.69, 9.17) is 9.47 Å². The standard InChI is InChI=1S/C24H21NO4/c26-23(28-17-9-14-19-10-3-1-4-11-19)21-15-7-8-16-22(21)25-24(27)29-18-20-12-5-2-6-13-20/h1-16H,17-18H2,(H,25,27). The SMILES string of the molecule is O=C(Nc1ccccc1C(=O)OCC=Cc1ccccc1)OCc1ccccc1. The minimum absolute atomic E-state index is 0.126. The van der Waals surface area contributed by atoms with E-state index in [2.05, 4.69) is 5.32 Å². The summed E-state index contributed by atoms with van der Waals surface area (Å²) in [6, 6.07) is 25.7. The summed E-state index contributed by atoms with van der Waals surface area (Å²) in [5, 5.41) is 2.60. The molecular formula is C24H21NO4. The van der Waals surface area contributed by atoms with Gasteiger partial charge in [-0.3, -0.25) is 5.32 Å². The molecule has 0 aliphatic rings. The van der Waals surface area contributed by atoms with Gasteiger partial charge in [0, 0.05) is 0 Å². The summed E-state index contributed by atoms with van der Waals surface area (Å²) in [4.78, 5) is 24.5. The molecule has 0 heterocycles. The van der Waals surface area contributed by atoms with E-state index in [-0.39, 0.29) is 18.8 Å². The summed E-state index contributed by atoms with van der Waals surface area (Å²) < 4.78 is 10.5. The summed E-state index contributed by atoms with van der Waals surface area (Å²) in [6.45, 7) is 0.268. The van der Waals surface area contributed by atoms with Gasteiger partial charge in [-0.2, -0.15) is 0 Å². The highest BCUT2D eigenvalue weighted by Gasteiger charge is 2.14. The minimum Gasteiger partial charge on any atom is -0.458 e. The Morgan fingerprint density at radius 3 is 2.21 bits per heavy atom. The molecule has 0 saturated carbocycles. The molecule has 0 aliphatic carbocycles. The molecule has 0 aliphatic heterocycles. The monoisotopic (exact) mass is 387 g/mol. The van der Waals surface area contributed by atoms with Crippen LogP contribution in [0.3, 0.4) is 0 Å². The van der Waals surface area contributed by atoms with Gasteiger partial charge in [-0.1, -0.05) is 78.9 Å². The van der Waals surface area contributed by atoms with Crippen LogP contribution in [0.5, 0.6) is 0 Å². The number of esters is 1. The van der Waals surface area contributed by atoms with Crippen molar-refractivity contribution in [3.63, 3.8) is 0 Å². The molecule has 1 amide bonds. The molecular weight excluding hydrogens is 366 g/mol. The van der Waals surface area contributed by atoms with Gasteiger partial charge in [0.2, 0.25) is 0 Å². The fourth-order valence-corrected chi connectivity index (χ4v) is 2.59. The summed E-state index contributed by atoms with van der Waals surface area (Å²) in [5.74, 6) is -0.526. The topological polar surface area (TPSA) is 64.6 Å². The molecule has 3 aromatic rings. The van der Waals surface area contributed by atoms with Crippen LogP contribution in [0.2, 0.25) is 0 Å². The maximum atomic E-state index is 12.4. The highest BCUT2D eigenvalue weighted by Crippen LogP contribution is 2.17. The zero-order valence-electron chi connectivity index (χ0n) is 15.8. The van der Waals surface area contributed by atoms with E-state index >= 15 is 0 Å². The Hall–Kier alpha value is -3.86. The van der Waals surface area contributed by atoms with Crippen LogP contribution in [-0.4, -0.2) is 18.7 Å². The Labute approximate surface area is 169 Å². The number of nitrogens with one attached hydrogen (secondary N) is 1. The van der Waals surface area contributed by atoms with Crippen molar-refractivity contribution >= 4 is 23.8 Å². The van der Waals surface area contributed by atoms with Gasteiger partial charge < -0.3 is 9.47 Å². The zero-order chi connectivity index (χ0) is 20.3. The lowest BCUT2D eigenvalue weighted by atomic mass is 10.2. The first-order chi connectivity index (χ1) is 14.2. The largest absolute Gasteiger partial charge is 0.458 e. The summed E-state index contributed by atoms with van der Waals surface area (Å²) in [5.41, 5.74) is 2.49. The molecule has 0 unspecified atom stereocenters. The highest BCUT2D eigenvalue weighted by molar-refractivity contribution is 5.99. The third-order valence-corrected chi connectivity index (χ3v) is 4.02. The molecule has 0 spiro atoms. The predicted octanol–water partition coefficient (Wildman–Crippen LogP) is 5.31. The lowest BCUT2D eigenvalue weighted by molar-refractivity contribution is 0.0551. The van der Waals surface area contributed by atoms with E-state index in [1.54, 1.807) is 30.3 Å². The third kappa shape index (κ3) is 6.36. The molecule has 0 aromatic heterocycles. The molecule has 5 heteroatoms. The molecule has 5 nitrogen and oxygen atoms in total. The van der Waals surface area contributed by atoms with Crippen LogP contribution < -0.4 is 5.32 Å². The second-order valence-electron chi connectivity index (χ2n) is 6.14. The van der Waals surface area contributed by atoms with Crippen LogP contribution in [-0.2, 0) is 16.1 Å². The molecule has 1 N–H and O–H groups in total. The van der Waals surface area contributed by atoms with Crippen molar-refractivity contribution in [3.05, 3.63) is 108 Å². The molecule has 29 heavy (non-hydrogen) atoms. The van der Waals surface area contributed by atoms with Crippen molar-refractivity contribution in [1.82, 2.24) is 0 Å². The van der Waals surface area contributed by atoms with Crippen LogP contribution in [0.15, 0.2) is 91.0 Å². The lowest BCUT2D eigenvalue weighted by Gasteiger charge is -2.11. The number of hydrogen-bond acceptors (Lipinski definition) is 4. The van der Waals surface area contributed by atoms with Crippen molar-refractivity contribution < 1.29 is 19.1 Å². The number of carbonyl (C=O) groups excluding carboxylic acids is 2. The number of carbonyl (C=O) groups is 2. The van der Waals surface area contributed by atoms with E-state index in [0.29, 0.717) is 5.69 Å². The van der Waals surface area contributed by atoms with Crippen LogP contribution in [0.4, 0.5) is 10.5 Å². The molecule has 0 saturated heterocycles. The number of rotatable bonds is 7. The van der Waals surface area contributed by atoms with Crippen LogP contribution >= 0.6 is 0 Å². The van der Waals surface area contributed by atoms with Crippen molar-refractivity contribution in [2.45, 2.75) is 6.61 Å². The number of benzene rings is 3. The zero-order valence-corrected chi connectivity index (χ0v) is 15.8. The Balaban J connectivity index is 1.54. The second kappa shape index (κ2) is 10.5. The van der Waals surface area contributed by atoms with E-state index in [0.717, 1.165) is 11.1 Å². The predicted molar refractivity (Wildman–Crippen MR) is 112 cm³/mol. The molecule has 3 rings (SSSR count). The first kappa shape index (κ1) is 19.9. The molecule has 0 atom stereocenters. The Kier molecular flexibility index (Phi) is 7.18. The molecule has 0 fully saturated rings. The first-order valence-electron chi connectivity index (χ1n) is 9.18. The average molecular weight is 387 g/mol. The summed E-state index contributed by atoms with van der Waals surface area (Å²) in [7, 11) is 0. The van der Waals surface area contributed by atoms with Crippen LogP contribution in [0, 0.1) is 0 Å². The lowest BCUT2D eigenvalue weighted by Crippen LogP contribution is -2.17. The van der Waals surface area contributed by atoms with E-state index in [1.807, 2.05) is 66.7 Å². The minimum atomic E-state index is -0.641. The molecule has 146 valence electrons. The van der Waals surface area contributed by atoms with Gasteiger partial charge in [-0.25, -0.2) is 9.59 Å². The number of ether oxygens (including phenoxy) is 2. The van der Waals surface area contributed by atoms with Gasteiger partial charge in [0.1, 0.15) is 13.2 Å². The first-order valence-corrected chi connectivity index (χ1v) is 9.18. The maximum Gasteiger partial charge on any atom is 0.411 e. The fraction of sp³-hybridized carbons (Fsp3) is 0.0833. The van der Waals surface area contributed by atoms with Crippen molar-refractivity contribution in [1.29, 1.82) is 0 Å². The Morgan fingerprint density at radius 1 is 0.793 bits per heavy atom. The van der Waals surface area contributed by atoms with Gasteiger partial charge in [0.15, 0.2) is 0 Å². The van der Waals surface area contributed by atoms with Crippen molar-refractivity contribution in [2.24, 2.45) is 0 Å². The smallest absolute Gasteiger partial charge is 0.411 e. The fourth-order valence-electron chi connectivity index (χ4n) is 2.59. The average Bonchev–Trinajstić information content (AvgIpc) is 2.77. The van der Waals surface area contributed by atoms with Crippen molar-refractivity contribution in [2.75, 3.05) is 11.9 Å². The van der Waals surface area contributed by atoms with E-state index in [1.165, 1.54) is 0 Å². The van der Waals surface area contributed by atoms with Gasteiger partial charge in [-0.05, 0) is 29.3 Å². The van der Waals surface area contributed by atoms with Crippen molar-refractivity contribution in [3.8, 4) is 0 Å². The third-order valence-electron chi connectivity index (χ3n) is 4.02. The van der Waals surface area contributed by atoms with Gasteiger partial charge >= 0.3 is 12.1 Å². The summed E-state index contributed by atoms with van der Waals surface area (Å²) in [6.07, 6.45) is 2.99. The molecule has 0 radical (unpaired) electrons. The quantitative estimate of drug-likeness (QED) is 0.558. The number of anilines is 1. The van der Waals surface area contributed by atoms with Gasteiger partial charge in [0.05, 0.1) is 11.3 Å². The molecule has 3 aromatic carbocycles. The normalized spacial score (nSPS) is 10.5. The number of hydrogen-bond donors (Lipinski definition) is 1. The van der Waals surface area contributed by atoms with Gasteiger partial charge in [-0.15, -0.1) is 0 Å². The maximum absolute atomic E-state index is 12.4. The van der Waals surface area contributed by atoms with E-state index in [9.17, 15) is 9.59 Å². The number of amides is 1. The van der Waals surface area contributed by atoms with Crippen LogP contribution in [0.1, 0.15) is 21.5 Å². The molecule has 0 bridgehead atoms. The highest BCUT2D eigenvalue weighted by atomic mass is 16.5. The summed E-state index contributed by atoms with van der Waals surface area (Å²) >= 11 is 0. The van der Waals surface area contributed by atoms with E-state index < -0.39 is 12.1 Å². The Morgan fingerprint density at radius 2 is 1.45 bits per heavy atom. The van der Waals surface area contributed by atoms with Crippen LogP contribution in [0.25, 0.3) is 6.08 Å². The second-order valence-corrected chi connectivity index (χ2v) is 6.14.